The van der Waals surface area contributed by atoms with Crippen molar-refractivity contribution in [2.75, 3.05) is 13.7 Å². The first-order valence-corrected chi connectivity index (χ1v) is 14.8. The summed E-state index contributed by atoms with van der Waals surface area (Å²) in [5.74, 6) is -0.577. The van der Waals surface area contributed by atoms with Crippen molar-refractivity contribution in [3.05, 3.63) is 67.2 Å². The van der Waals surface area contributed by atoms with Crippen LogP contribution in [0.3, 0.4) is 0 Å². The summed E-state index contributed by atoms with van der Waals surface area (Å²) in [5.41, 5.74) is -1.27. The number of hydrogen-bond acceptors (Lipinski definition) is 12. The van der Waals surface area contributed by atoms with E-state index in [1.165, 1.54) is 30.4 Å². The molecule has 1 aromatic carbocycles. The number of H-pyrrole nitrogens is 1. The van der Waals surface area contributed by atoms with E-state index in [4.69, 9.17) is 25.4 Å². The number of rotatable bonds is 10. The van der Waals surface area contributed by atoms with Gasteiger partial charge < -0.3 is 0 Å². The number of thiazole rings is 1. The van der Waals surface area contributed by atoms with Gasteiger partial charge in [-0.15, -0.1) is 0 Å². The first-order chi connectivity index (χ1) is 18.8. The third-order valence-electron chi connectivity index (χ3n) is 6.13. The number of carbonyl (C=O) groups is 1. The molecule has 0 radical (unpaired) electrons. The normalized spacial score (nSPS) is 24.0. The fourth-order valence-corrected chi connectivity index (χ4v) is 6.55. The molecule has 1 saturated heterocycles. The van der Waals surface area contributed by atoms with Gasteiger partial charge >= 0.3 is 236 Å². The first-order valence-electron chi connectivity index (χ1n) is 11.8. The summed E-state index contributed by atoms with van der Waals surface area (Å²) >= 11 is 7.41. The number of carbonyl (C=O) groups excluding carboxylic acids is 1. The molecule has 2 aromatic heterocycles. The zero-order valence-corrected chi connectivity index (χ0v) is 23.9. The van der Waals surface area contributed by atoms with E-state index in [-0.39, 0.29) is 5.75 Å². The van der Waals surface area contributed by atoms with E-state index in [2.05, 4.69) is 14.8 Å². The molecule has 5 atom stereocenters. The Morgan fingerprint density at radius 3 is 2.67 bits per heavy atom. The van der Waals surface area contributed by atoms with Gasteiger partial charge in [0.1, 0.15) is 0 Å². The van der Waals surface area contributed by atoms with Crippen molar-refractivity contribution in [1.82, 2.24) is 19.6 Å². The van der Waals surface area contributed by atoms with Crippen molar-refractivity contribution >= 4 is 37.0 Å². The fraction of sp³-hybridized carbons (Fsp3) is 0.391. The number of nitrogens with one attached hydrogen (secondary N) is 2. The third kappa shape index (κ3) is 6.42. The molecule has 3 aromatic rings. The van der Waals surface area contributed by atoms with Crippen LogP contribution < -0.4 is 20.9 Å². The van der Waals surface area contributed by atoms with Crippen LogP contribution >= 0.6 is 31.0 Å². The average molecular weight is 621 g/mol. The zero-order valence-electron chi connectivity index (χ0n) is 21.4. The molecule has 0 unspecified atom stereocenters. The molecular formula is C23H27ClFN4O9PS. The van der Waals surface area contributed by atoms with Crippen LogP contribution in [0.1, 0.15) is 20.1 Å². The minimum absolute atomic E-state index is 0.148. The summed E-state index contributed by atoms with van der Waals surface area (Å²) in [4.78, 5) is 53.2. The molecule has 1 fully saturated rings. The second-order valence-electron chi connectivity index (χ2n) is 9.02. The van der Waals surface area contributed by atoms with Gasteiger partial charge in [-0.25, -0.2) is 0 Å². The van der Waals surface area contributed by atoms with Crippen molar-refractivity contribution in [3.8, 4) is 17.0 Å². The van der Waals surface area contributed by atoms with Crippen LogP contribution in [0.2, 0.25) is 4.34 Å². The molecule has 0 saturated carbocycles. The number of benzene rings is 1. The zero-order chi connectivity index (χ0) is 29.2. The Kier molecular flexibility index (Phi) is 9.07. The Morgan fingerprint density at radius 2 is 2.08 bits per heavy atom. The molecule has 13 nitrogen and oxygen atoms in total. The predicted octanol–water partition coefficient (Wildman–Crippen LogP) is 1.95. The third-order valence-corrected chi connectivity index (χ3v) is 9.05. The van der Waals surface area contributed by atoms with E-state index in [9.17, 15) is 24.4 Å². The maximum absolute atomic E-state index is 15.5. The fourth-order valence-electron chi connectivity index (χ4n) is 4.03. The van der Waals surface area contributed by atoms with Crippen molar-refractivity contribution in [2.24, 2.45) is 0 Å². The molecule has 1 aliphatic heterocycles. The number of aromatic nitrogens is 3. The summed E-state index contributed by atoms with van der Waals surface area (Å²) < 4.78 is 38.5. The quantitative estimate of drug-likeness (QED) is 0.193. The van der Waals surface area contributed by atoms with Gasteiger partial charge in [0, 0.05) is 0 Å². The number of ether oxygens (including phenoxy) is 2. The molecule has 0 amide bonds. The Hall–Kier alpha value is -2.75. The van der Waals surface area contributed by atoms with E-state index in [1.807, 2.05) is 4.98 Å². The van der Waals surface area contributed by atoms with Crippen LogP contribution in [-0.4, -0.2) is 68.1 Å². The Bertz CT molecular complexity index is 1470. The van der Waals surface area contributed by atoms with E-state index < -0.39 is 62.1 Å². The number of aliphatic hydroxyl groups is 1. The summed E-state index contributed by atoms with van der Waals surface area (Å²) in [6, 6.07) is 6.27. The van der Waals surface area contributed by atoms with E-state index in [0.717, 1.165) is 30.9 Å². The SMILES string of the molecule is COC(=O)[C@H](C)N[PH](O)(OC[C@H]1O[C@@H](n2ccc(=O)[nH]c2=O)[C@](C)(F)[C@@H]1O)Oc1ccc(-c2ncsc2Cl)cc1. The number of methoxy groups -OCH3 is 1. The van der Waals surface area contributed by atoms with Gasteiger partial charge in [-0.3, -0.25) is 0 Å². The predicted molar refractivity (Wildman–Crippen MR) is 145 cm³/mol. The molecule has 1 aliphatic rings. The van der Waals surface area contributed by atoms with Gasteiger partial charge in [0.05, 0.1) is 0 Å². The van der Waals surface area contributed by atoms with Crippen LogP contribution in [0.25, 0.3) is 11.3 Å². The summed E-state index contributed by atoms with van der Waals surface area (Å²) in [5, 5.41) is 13.2. The minimum atomic E-state index is -4.51. The van der Waals surface area contributed by atoms with E-state index >= 15 is 4.39 Å². The number of alkyl halides is 1. The number of nitrogens with zero attached hydrogens (tertiary/aromatic N) is 2. The van der Waals surface area contributed by atoms with E-state index in [1.54, 1.807) is 17.6 Å². The van der Waals surface area contributed by atoms with Gasteiger partial charge in [0.2, 0.25) is 0 Å². The number of esters is 1. The van der Waals surface area contributed by atoms with Crippen molar-refractivity contribution in [3.63, 3.8) is 0 Å². The molecule has 40 heavy (non-hydrogen) atoms. The molecule has 218 valence electrons. The number of hydrogen-bond donors (Lipinski definition) is 4. The van der Waals surface area contributed by atoms with Crippen LogP contribution in [0.15, 0.2) is 51.6 Å². The van der Waals surface area contributed by atoms with Crippen LogP contribution in [0.4, 0.5) is 4.39 Å². The molecule has 0 bridgehead atoms. The molecule has 0 spiro atoms. The van der Waals surface area contributed by atoms with Gasteiger partial charge in [0.15, 0.2) is 0 Å². The van der Waals surface area contributed by atoms with Crippen molar-refractivity contribution in [1.29, 1.82) is 0 Å². The number of aromatic amines is 1. The van der Waals surface area contributed by atoms with Gasteiger partial charge in [-0.1, -0.05) is 0 Å². The standard InChI is InChI=1S/C23H27ClFN4O9PS/c1-12(20(32)35-3)28-39(34,38-14-6-4-13(5-7-14)17-19(24)40-11-26-17)36-10-15-18(31)23(2,25)21(37-15)29-9-8-16(30)27-22(29)33/h4-9,11-12,15,18,21,28,31,34,39H,10H2,1-3H3,(H,27,30,33)/t12-,15+,18+,21+,23+/m0/s1. The van der Waals surface area contributed by atoms with Gasteiger partial charge in [-0.2, -0.15) is 0 Å². The Balaban J connectivity index is 1.53. The molecule has 3 heterocycles. The maximum atomic E-state index is 15.5. The summed E-state index contributed by atoms with van der Waals surface area (Å²) in [6.45, 7) is 1.82. The van der Waals surface area contributed by atoms with Crippen LogP contribution in [0, 0.1) is 0 Å². The van der Waals surface area contributed by atoms with Crippen molar-refractivity contribution < 1.29 is 37.7 Å². The van der Waals surface area contributed by atoms with Crippen LogP contribution in [-0.2, 0) is 18.8 Å². The molecule has 17 heteroatoms. The first kappa shape index (κ1) is 30.2. The number of halogens is 2. The Morgan fingerprint density at radius 1 is 1.38 bits per heavy atom. The monoisotopic (exact) mass is 620 g/mol. The van der Waals surface area contributed by atoms with E-state index in [0.29, 0.717) is 15.6 Å². The molecule has 4 rings (SSSR count). The molecule has 0 aliphatic carbocycles. The molecule has 4 N–H and O–H groups in total. The summed E-state index contributed by atoms with van der Waals surface area (Å²) in [6.07, 6.45) is -3.78. The second kappa shape index (κ2) is 12.0. The van der Waals surface area contributed by atoms with Gasteiger partial charge in [-0.05, 0) is 0 Å². The second-order valence-corrected chi connectivity index (χ2v) is 12.4. The average Bonchev–Trinajstić information content (AvgIpc) is 3.43. The van der Waals surface area contributed by atoms with Crippen molar-refractivity contribution in [2.45, 2.75) is 44.0 Å². The number of aliphatic hydroxyl groups excluding tert-OH is 1. The van der Waals surface area contributed by atoms with Crippen LogP contribution in [0.5, 0.6) is 5.75 Å². The Labute approximate surface area is 236 Å². The van der Waals surface area contributed by atoms with Gasteiger partial charge in [0.25, 0.3) is 0 Å². The topological polar surface area (TPSA) is 174 Å². The summed E-state index contributed by atoms with van der Waals surface area (Å²) in [7, 11) is -3.35. The molecular weight excluding hydrogens is 594 g/mol.